The largest absolute Gasteiger partial charge is 0.381 e. The van der Waals surface area contributed by atoms with Crippen LogP contribution in [0.2, 0.25) is 0 Å². The van der Waals surface area contributed by atoms with Gasteiger partial charge in [0, 0.05) is 27.1 Å². The van der Waals surface area contributed by atoms with E-state index in [-0.39, 0.29) is 5.82 Å². The van der Waals surface area contributed by atoms with Crippen molar-refractivity contribution in [2.24, 2.45) is 0 Å². The summed E-state index contributed by atoms with van der Waals surface area (Å²) in [6.07, 6.45) is 0. The Balaban J connectivity index is 1.79. The first-order valence-electron chi connectivity index (χ1n) is 6.54. The number of nitrogens with one attached hydrogen (secondary N) is 1. The fraction of sp³-hybridized carbons (Fsp3) is 0.0588. The quantitative estimate of drug-likeness (QED) is 0.607. The van der Waals surface area contributed by atoms with Crippen LogP contribution >= 0.6 is 27.3 Å². The van der Waals surface area contributed by atoms with Gasteiger partial charge in [-0.2, -0.15) is 0 Å². The van der Waals surface area contributed by atoms with Gasteiger partial charge in [0.25, 0.3) is 0 Å². The minimum absolute atomic E-state index is 0.177. The van der Waals surface area contributed by atoms with Gasteiger partial charge in [-0.15, -0.1) is 11.3 Å². The molecule has 1 aromatic heterocycles. The first-order valence-corrected chi connectivity index (χ1v) is 8.21. The molecule has 0 aliphatic rings. The van der Waals surface area contributed by atoms with E-state index < -0.39 is 0 Å². The summed E-state index contributed by atoms with van der Waals surface area (Å²) in [7, 11) is 0. The van der Waals surface area contributed by atoms with Gasteiger partial charge < -0.3 is 5.32 Å². The van der Waals surface area contributed by atoms with Gasteiger partial charge in [-0.05, 0) is 47.3 Å². The molecule has 106 valence electrons. The van der Waals surface area contributed by atoms with Crippen LogP contribution in [0.3, 0.4) is 0 Å². The fourth-order valence-electron chi connectivity index (χ4n) is 2.11. The molecule has 3 aromatic rings. The average molecular weight is 362 g/mol. The monoisotopic (exact) mass is 361 g/mol. The number of hydrogen-bond acceptors (Lipinski definition) is 2. The normalized spacial score (nSPS) is 10.6. The maximum atomic E-state index is 13.9. The SMILES string of the molecule is Fc1ccc(CNc2cccc(Br)c2)cc1-c1cccs1. The highest BCUT2D eigenvalue weighted by molar-refractivity contribution is 9.10. The highest BCUT2D eigenvalue weighted by atomic mass is 79.9. The van der Waals surface area contributed by atoms with E-state index in [0.29, 0.717) is 12.1 Å². The molecule has 0 unspecified atom stereocenters. The predicted molar refractivity (Wildman–Crippen MR) is 91.2 cm³/mol. The van der Waals surface area contributed by atoms with Crippen molar-refractivity contribution < 1.29 is 4.39 Å². The van der Waals surface area contributed by atoms with Crippen LogP contribution in [0.4, 0.5) is 10.1 Å². The Labute approximate surface area is 135 Å². The molecule has 1 nitrogen and oxygen atoms in total. The lowest BCUT2D eigenvalue weighted by molar-refractivity contribution is 0.631. The zero-order chi connectivity index (χ0) is 14.7. The molecule has 0 spiro atoms. The Morgan fingerprint density at radius 1 is 1.05 bits per heavy atom. The van der Waals surface area contributed by atoms with Crippen molar-refractivity contribution in [1.29, 1.82) is 0 Å². The molecule has 4 heteroatoms. The van der Waals surface area contributed by atoms with E-state index in [1.807, 2.05) is 53.9 Å². The van der Waals surface area contributed by atoms with Gasteiger partial charge in [-0.3, -0.25) is 0 Å². The standard InChI is InChI=1S/C17H13BrFNS/c18-13-3-1-4-14(10-13)20-11-12-6-7-16(19)15(9-12)17-5-2-8-21-17/h1-10,20H,11H2. The van der Waals surface area contributed by atoms with Gasteiger partial charge in [-0.25, -0.2) is 4.39 Å². The van der Waals surface area contributed by atoms with Crippen molar-refractivity contribution in [2.75, 3.05) is 5.32 Å². The van der Waals surface area contributed by atoms with E-state index in [2.05, 4.69) is 21.2 Å². The second-order valence-electron chi connectivity index (χ2n) is 4.66. The summed E-state index contributed by atoms with van der Waals surface area (Å²) in [4.78, 5) is 0.955. The summed E-state index contributed by atoms with van der Waals surface area (Å²) in [6, 6.07) is 17.1. The Kier molecular flexibility index (Phi) is 4.36. The molecule has 0 atom stereocenters. The summed E-state index contributed by atoms with van der Waals surface area (Å²) in [6.45, 7) is 0.662. The van der Waals surface area contributed by atoms with E-state index in [0.717, 1.165) is 20.6 Å². The van der Waals surface area contributed by atoms with Crippen molar-refractivity contribution in [3.63, 3.8) is 0 Å². The minimum Gasteiger partial charge on any atom is -0.381 e. The van der Waals surface area contributed by atoms with E-state index >= 15 is 0 Å². The number of halogens is 2. The lowest BCUT2D eigenvalue weighted by Crippen LogP contribution is -2.00. The first-order chi connectivity index (χ1) is 10.2. The van der Waals surface area contributed by atoms with Crippen molar-refractivity contribution in [3.8, 4) is 10.4 Å². The third kappa shape index (κ3) is 3.52. The molecule has 0 saturated heterocycles. The lowest BCUT2D eigenvalue weighted by atomic mass is 10.1. The van der Waals surface area contributed by atoms with Crippen LogP contribution in [-0.2, 0) is 6.54 Å². The number of rotatable bonds is 4. The molecule has 0 radical (unpaired) electrons. The van der Waals surface area contributed by atoms with Crippen LogP contribution in [-0.4, -0.2) is 0 Å². The van der Waals surface area contributed by atoms with Crippen LogP contribution in [0.5, 0.6) is 0 Å². The summed E-state index contributed by atoms with van der Waals surface area (Å²) < 4.78 is 15.0. The highest BCUT2D eigenvalue weighted by Crippen LogP contribution is 2.28. The molecule has 0 aliphatic heterocycles. The van der Waals surface area contributed by atoms with Crippen molar-refractivity contribution >= 4 is 33.0 Å². The van der Waals surface area contributed by atoms with Crippen molar-refractivity contribution in [2.45, 2.75) is 6.54 Å². The van der Waals surface area contributed by atoms with Gasteiger partial charge in [0.1, 0.15) is 5.82 Å². The predicted octanol–water partition coefficient (Wildman–Crippen LogP) is 5.93. The van der Waals surface area contributed by atoms with Gasteiger partial charge in [0.15, 0.2) is 0 Å². The Hall–Kier alpha value is -1.65. The molecule has 0 bridgehead atoms. The smallest absolute Gasteiger partial charge is 0.131 e. The number of benzene rings is 2. The molecule has 0 saturated carbocycles. The Morgan fingerprint density at radius 2 is 1.95 bits per heavy atom. The zero-order valence-corrected chi connectivity index (χ0v) is 13.5. The molecular formula is C17H13BrFNS. The summed E-state index contributed by atoms with van der Waals surface area (Å²) in [5.74, 6) is -0.177. The minimum atomic E-state index is -0.177. The van der Waals surface area contributed by atoms with Gasteiger partial charge in [-0.1, -0.05) is 34.1 Å². The molecule has 0 amide bonds. The van der Waals surface area contributed by atoms with Crippen LogP contribution in [0.15, 0.2) is 64.5 Å². The molecule has 1 N–H and O–H groups in total. The third-order valence-corrected chi connectivity index (χ3v) is 4.54. The van der Waals surface area contributed by atoms with Crippen LogP contribution in [0.1, 0.15) is 5.56 Å². The summed E-state index contributed by atoms with van der Waals surface area (Å²) in [5, 5.41) is 5.30. The van der Waals surface area contributed by atoms with Gasteiger partial charge >= 0.3 is 0 Å². The number of thiophene rings is 1. The number of anilines is 1. The molecule has 3 rings (SSSR count). The van der Waals surface area contributed by atoms with Crippen molar-refractivity contribution in [3.05, 3.63) is 75.8 Å². The molecule has 1 heterocycles. The molecule has 0 aliphatic carbocycles. The van der Waals surface area contributed by atoms with Crippen molar-refractivity contribution in [1.82, 2.24) is 0 Å². The Morgan fingerprint density at radius 3 is 2.71 bits per heavy atom. The third-order valence-electron chi connectivity index (χ3n) is 3.14. The second-order valence-corrected chi connectivity index (χ2v) is 6.52. The molecular weight excluding hydrogens is 349 g/mol. The summed E-state index contributed by atoms with van der Waals surface area (Å²) in [5.41, 5.74) is 2.75. The second kappa shape index (κ2) is 6.41. The molecule has 2 aromatic carbocycles. The first kappa shape index (κ1) is 14.3. The number of hydrogen-bond donors (Lipinski definition) is 1. The van der Waals surface area contributed by atoms with E-state index in [4.69, 9.17) is 0 Å². The lowest BCUT2D eigenvalue weighted by Gasteiger charge is -2.09. The molecule has 0 fully saturated rings. The topological polar surface area (TPSA) is 12.0 Å². The van der Waals surface area contributed by atoms with E-state index in [1.54, 1.807) is 11.3 Å². The average Bonchev–Trinajstić information content (AvgIpc) is 3.00. The summed E-state index contributed by atoms with van der Waals surface area (Å²) >= 11 is 5.00. The van der Waals surface area contributed by atoms with Crippen LogP contribution < -0.4 is 5.32 Å². The van der Waals surface area contributed by atoms with Crippen LogP contribution in [0.25, 0.3) is 10.4 Å². The fourth-order valence-corrected chi connectivity index (χ4v) is 3.25. The maximum Gasteiger partial charge on any atom is 0.131 e. The maximum absolute atomic E-state index is 13.9. The van der Waals surface area contributed by atoms with E-state index in [9.17, 15) is 4.39 Å². The zero-order valence-electron chi connectivity index (χ0n) is 11.1. The van der Waals surface area contributed by atoms with E-state index in [1.165, 1.54) is 6.07 Å². The van der Waals surface area contributed by atoms with Gasteiger partial charge in [0.05, 0.1) is 0 Å². The Bertz CT molecular complexity index is 740. The molecule has 21 heavy (non-hydrogen) atoms. The van der Waals surface area contributed by atoms with Gasteiger partial charge in [0.2, 0.25) is 0 Å². The van der Waals surface area contributed by atoms with Crippen LogP contribution in [0, 0.1) is 5.82 Å². The highest BCUT2D eigenvalue weighted by Gasteiger charge is 2.07.